The van der Waals surface area contributed by atoms with Gasteiger partial charge in [-0.25, -0.2) is 13.1 Å². The SMILES string of the molecule is COc1ccc(S(=O)(=O)NCC2(C)CCCNC2)cc1. The highest BCUT2D eigenvalue weighted by molar-refractivity contribution is 7.89. The minimum absolute atomic E-state index is 0.0161. The Morgan fingerprint density at radius 1 is 1.35 bits per heavy atom. The van der Waals surface area contributed by atoms with Gasteiger partial charge in [0.05, 0.1) is 12.0 Å². The average molecular weight is 298 g/mol. The van der Waals surface area contributed by atoms with Crippen LogP contribution in [0.2, 0.25) is 0 Å². The summed E-state index contributed by atoms with van der Waals surface area (Å²) in [6.45, 7) is 4.42. The van der Waals surface area contributed by atoms with E-state index in [1.807, 2.05) is 0 Å². The van der Waals surface area contributed by atoms with Crippen molar-refractivity contribution in [2.75, 3.05) is 26.7 Å². The first-order valence-corrected chi connectivity index (χ1v) is 8.28. The van der Waals surface area contributed by atoms with E-state index in [0.717, 1.165) is 25.9 Å². The second kappa shape index (κ2) is 6.11. The van der Waals surface area contributed by atoms with E-state index in [1.54, 1.807) is 31.4 Å². The Labute approximate surface area is 120 Å². The average Bonchev–Trinajstić information content (AvgIpc) is 2.46. The molecule has 0 amide bonds. The third kappa shape index (κ3) is 3.71. The lowest BCUT2D eigenvalue weighted by atomic mass is 9.83. The van der Waals surface area contributed by atoms with E-state index in [1.165, 1.54) is 0 Å². The predicted molar refractivity (Wildman–Crippen MR) is 78.4 cm³/mol. The number of piperidine rings is 1. The number of nitrogens with one attached hydrogen (secondary N) is 2. The second-order valence-corrected chi connectivity index (χ2v) is 7.36. The van der Waals surface area contributed by atoms with Gasteiger partial charge in [0.15, 0.2) is 0 Å². The molecule has 1 aliphatic heterocycles. The Morgan fingerprint density at radius 3 is 2.60 bits per heavy atom. The van der Waals surface area contributed by atoms with E-state index in [9.17, 15) is 8.42 Å². The molecule has 2 N–H and O–H groups in total. The van der Waals surface area contributed by atoms with Gasteiger partial charge in [-0.15, -0.1) is 0 Å². The molecule has 1 aromatic rings. The first-order chi connectivity index (χ1) is 9.45. The standard InChI is InChI=1S/C14H22N2O3S/c1-14(8-3-9-15-10-14)11-16-20(17,18)13-6-4-12(19-2)5-7-13/h4-7,15-16H,3,8-11H2,1-2H3. The summed E-state index contributed by atoms with van der Waals surface area (Å²) in [6, 6.07) is 6.42. The maximum absolute atomic E-state index is 12.2. The molecule has 1 heterocycles. The number of hydrogen-bond acceptors (Lipinski definition) is 4. The Hall–Kier alpha value is -1.11. The van der Waals surface area contributed by atoms with Crippen molar-refractivity contribution >= 4 is 10.0 Å². The molecule has 0 radical (unpaired) electrons. The second-order valence-electron chi connectivity index (χ2n) is 5.59. The number of ether oxygens (including phenoxy) is 1. The van der Waals surface area contributed by atoms with Crippen LogP contribution in [0, 0.1) is 5.41 Å². The molecule has 1 unspecified atom stereocenters. The summed E-state index contributed by atoms with van der Waals surface area (Å²) in [6.07, 6.45) is 2.12. The van der Waals surface area contributed by atoms with Gasteiger partial charge in [0, 0.05) is 13.1 Å². The minimum atomic E-state index is -3.46. The van der Waals surface area contributed by atoms with Gasteiger partial charge in [0.25, 0.3) is 0 Å². The fraction of sp³-hybridized carbons (Fsp3) is 0.571. The Morgan fingerprint density at radius 2 is 2.05 bits per heavy atom. The molecule has 5 nitrogen and oxygen atoms in total. The molecular weight excluding hydrogens is 276 g/mol. The van der Waals surface area contributed by atoms with Crippen molar-refractivity contribution in [1.29, 1.82) is 0 Å². The van der Waals surface area contributed by atoms with Crippen LogP contribution < -0.4 is 14.8 Å². The van der Waals surface area contributed by atoms with Crippen molar-refractivity contribution in [3.8, 4) is 5.75 Å². The molecule has 1 aliphatic rings. The molecule has 0 spiro atoms. The lowest BCUT2D eigenvalue weighted by Crippen LogP contribution is -2.45. The highest BCUT2D eigenvalue weighted by atomic mass is 32.2. The largest absolute Gasteiger partial charge is 0.497 e. The van der Waals surface area contributed by atoms with Crippen LogP contribution in [-0.4, -0.2) is 35.2 Å². The summed E-state index contributed by atoms with van der Waals surface area (Å²) in [7, 11) is -1.90. The summed E-state index contributed by atoms with van der Waals surface area (Å²) in [5.41, 5.74) is -0.0161. The molecule has 6 heteroatoms. The zero-order chi connectivity index (χ0) is 14.6. The van der Waals surface area contributed by atoms with Crippen LogP contribution in [0.5, 0.6) is 5.75 Å². The van der Waals surface area contributed by atoms with Gasteiger partial charge in [0.2, 0.25) is 10.0 Å². The maximum Gasteiger partial charge on any atom is 0.240 e. The van der Waals surface area contributed by atoms with Gasteiger partial charge >= 0.3 is 0 Å². The van der Waals surface area contributed by atoms with E-state index in [0.29, 0.717) is 12.3 Å². The molecule has 1 atom stereocenters. The number of methoxy groups -OCH3 is 1. The zero-order valence-electron chi connectivity index (χ0n) is 12.0. The topological polar surface area (TPSA) is 67.4 Å². The van der Waals surface area contributed by atoms with Crippen LogP contribution in [0.15, 0.2) is 29.2 Å². The monoisotopic (exact) mass is 298 g/mol. The minimum Gasteiger partial charge on any atom is -0.497 e. The van der Waals surface area contributed by atoms with Crippen molar-refractivity contribution in [2.24, 2.45) is 5.41 Å². The van der Waals surface area contributed by atoms with Gasteiger partial charge in [-0.1, -0.05) is 6.92 Å². The van der Waals surface area contributed by atoms with Gasteiger partial charge < -0.3 is 10.1 Å². The van der Waals surface area contributed by atoms with Crippen LogP contribution in [0.4, 0.5) is 0 Å². The number of benzene rings is 1. The molecule has 1 saturated heterocycles. The highest BCUT2D eigenvalue weighted by Crippen LogP contribution is 2.25. The number of hydrogen-bond donors (Lipinski definition) is 2. The fourth-order valence-corrected chi connectivity index (χ4v) is 3.58. The van der Waals surface area contributed by atoms with E-state index < -0.39 is 10.0 Å². The first kappa shape index (κ1) is 15.3. The molecule has 0 saturated carbocycles. The molecular formula is C14H22N2O3S. The summed E-state index contributed by atoms with van der Waals surface area (Å²) in [5, 5.41) is 3.32. The molecule has 20 heavy (non-hydrogen) atoms. The molecule has 0 aromatic heterocycles. The van der Waals surface area contributed by atoms with Gasteiger partial charge in [-0.05, 0) is 49.1 Å². The Kier molecular flexibility index (Phi) is 4.67. The maximum atomic E-state index is 12.2. The van der Waals surface area contributed by atoms with Crippen LogP contribution in [0.1, 0.15) is 19.8 Å². The van der Waals surface area contributed by atoms with Gasteiger partial charge in [-0.3, -0.25) is 0 Å². The van der Waals surface area contributed by atoms with Crippen LogP contribution in [0.25, 0.3) is 0 Å². The lowest BCUT2D eigenvalue weighted by Gasteiger charge is -2.34. The highest BCUT2D eigenvalue weighted by Gasteiger charge is 2.28. The molecule has 1 aromatic carbocycles. The van der Waals surface area contributed by atoms with E-state index in [4.69, 9.17) is 4.74 Å². The normalized spacial score (nSPS) is 23.5. The third-order valence-corrected chi connectivity index (χ3v) is 5.16. The molecule has 0 aliphatic carbocycles. The smallest absolute Gasteiger partial charge is 0.240 e. The fourth-order valence-electron chi connectivity index (χ4n) is 2.38. The molecule has 2 rings (SSSR count). The van der Waals surface area contributed by atoms with Crippen molar-refractivity contribution < 1.29 is 13.2 Å². The van der Waals surface area contributed by atoms with Gasteiger partial charge in [-0.2, -0.15) is 0 Å². The summed E-state index contributed by atoms with van der Waals surface area (Å²) in [4.78, 5) is 0.269. The lowest BCUT2D eigenvalue weighted by molar-refractivity contribution is 0.238. The van der Waals surface area contributed by atoms with Crippen molar-refractivity contribution in [3.05, 3.63) is 24.3 Å². The van der Waals surface area contributed by atoms with E-state index in [2.05, 4.69) is 17.0 Å². The zero-order valence-corrected chi connectivity index (χ0v) is 12.8. The molecule has 112 valence electrons. The summed E-state index contributed by atoms with van der Waals surface area (Å²) >= 11 is 0. The van der Waals surface area contributed by atoms with Crippen LogP contribution in [-0.2, 0) is 10.0 Å². The van der Waals surface area contributed by atoms with E-state index in [-0.39, 0.29) is 10.3 Å². The number of rotatable bonds is 5. The van der Waals surface area contributed by atoms with Crippen LogP contribution >= 0.6 is 0 Å². The Bertz CT molecular complexity index is 534. The van der Waals surface area contributed by atoms with Crippen LogP contribution in [0.3, 0.4) is 0 Å². The number of sulfonamides is 1. The summed E-state index contributed by atoms with van der Waals surface area (Å²) < 4.78 is 32.2. The predicted octanol–water partition coefficient (Wildman–Crippen LogP) is 1.36. The Balaban J connectivity index is 2.02. The van der Waals surface area contributed by atoms with E-state index >= 15 is 0 Å². The van der Waals surface area contributed by atoms with Crippen molar-refractivity contribution in [2.45, 2.75) is 24.7 Å². The quantitative estimate of drug-likeness (QED) is 0.861. The molecule has 1 fully saturated rings. The first-order valence-electron chi connectivity index (χ1n) is 6.80. The van der Waals surface area contributed by atoms with Crippen molar-refractivity contribution in [3.63, 3.8) is 0 Å². The molecule has 0 bridgehead atoms. The summed E-state index contributed by atoms with van der Waals surface area (Å²) in [5.74, 6) is 0.646. The van der Waals surface area contributed by atoms with Crippen molar-refractivity contribution in [1.82, 2.24) is 10.0 Å². The van der Waals surface area contributed by atoms with Gasteiger partial charge in [0.1, 0.15) is 5.75 Å². The third-order valence-electron chi connectivity index (χ3n) is 3.74.